The first-order valence-corrected chi connectivity index (χ1v) is 25.7. The number of pyridine rings is 1. The predicted octanol–water partition coefficient (Wildman–Crippen LogP) is 9.21. The molecule has 6 aromatic rings. The normalized spacial score (nSPS) is 16.9. The number of halogens is 11. The van der Waals surface area contributed by atoms with E-state index in [9.17, 15) is 61.5 Å². The van der Waals surface area contributed by atoms with Gasteiger partial charge in [-0.2, -0.15) is 49.6 Å². The van der Waals surface area contributed by atoms with Gasteiger partial charge in [0.2, 0.25) is 15.9 Å². The molecule has 2 aliphatic carbocycles. The van der Waals surface area contributed by atoms with Crippen molar-refractivity contribution >= 4 is 60.0 Å². The molecule has 1 unspecified atom stereocenters. The standard InChI is InChI=1S/C47H38ClF10N7O6S2/c1-23-8-6-7-9-28(23)43(67)65(73(5,70)71)42-37-33(48)13-12-30(39(37)64(62-42)22-45(51,52)53)29-11-10-27(14-15-44(2,3)72(4,68)69)59-38(29)34(18-24-16-25(49)19-26(50)17-24)60-35(66)21-63-41-36(40(61-63)47(56,57)58)31-20-32(31)46(41,54)55/h6-13,16-17,19,31-32,34H,18,20-22H2,1-5H3,(H,60,66)/t31-,32+,34?/m0/s1. The molecule has 2 amide bonds. The second kappa shape index (κ2) is 18.1. The number of rotatable bonds is 12. The van der Waals surface area contributed by atoms with Gasteiger partial charge in [0, 0.05) is 40.5 Å². The molecule has 0 bridgehead atoms. The third-order valence-corrected chi connectivity index (χ3v) is 15.7. The van der Waals surface area contributed by atoms with Gasteiger partial charge in [-0.25, -0.2) is 30.6 Å². The zero-order valence-corrected chi connectivity index (χ0v) is 40.9. The van der Waals surface area contributed by atoms with Gasteiger partial charge in [0.15, 0.2) is 21.3 Å². The fourth-order valence-corrected chi connectivity index (χ4v) is 10.0. The van der Waals surface area contributed by atoms with Crippen LogP contribution in [0, 0.1) is 36.3 Å². The highest BCUT2D eigenvalue weighted by Crippen LogP contribution is 2.68. The molecule has 73 heavy (non-hydrogen) atoms. The number of aryl methyl sites for hydroxylation is 1. The summed E-state index contributed by atoms with van der Waals surface area (Å²) in [5, 5.41) is 8.87. The first kappa shape index (κ1) is 52.8. The summed E-state index contributed by atoms with van der Waals surface area (Å²) >= 11 is 6.70. The smallest absolute Gasteiger partial charge is 0.346 e. The van der Waals surface area contributed by atoms with Crippen molar-refractivity contribution in [2.24, 2.45) is 5.92 Å². The number of nitrogens with zero attached hydrogens (tertiary/aromatic N) is 6. The number of fused-ring (bicyclic) bond motifs is 4. The number of carbonyl (C=O) groups is 2. The van der Waals surface area contributed by atoms with Crippen LogP contribution in [0.4, 0.5) is 49.7 Å². The van der Waals surface area contributed by atoms with Crippen LogP contribution in [-0.4, -0.2) is 76.6 Å². The summed E-state index contributed by atoms with van der Waals surface area (Å²) in [6.45, 7) is 0.715. The average Bonchev–Trinajstić information content (AvgIpc) is 3.77. The molecule has 3 atom stereocenters. The van der Waals surface area contributed by atoms with Gasteiger partial charge in [-0.05, 0) is 93.0 Å². The van der Waals surface area contributed by atoms with Gasteiger partial charge in [-0.3, -0.25) is 19.0 Å². The highest BCUT2D eigenvalue weighted by atomic mass is 35.5. The number of sulfone groups is 1. The fraction of sp³-hybridized carbons (Fsp3) is 0.340. The summed E-state index contributed by atoms with van der Waals surface area (Å²) in [6, 6.07) is 10.6. The maximum atomic E-state index is 15.6. The molecule has 26 heteroatoms. The highest BCUT2D eigenvalue weighted by molar-refractivity contribution is 7.93. The molecule has 1 N–H and O–H groups in total. The van der Waals surface area contributed by atoms with Crippen LogP contribution in [-0.2, 0) is 56.3 Å². The molecule has 1 fully saturated rings. The summed E-state index contributed by atoms with van der Waals surface area (Å²) in [4.78, 5) is 33.0. The van der Waals surface area contributed by atoms with Gasteiger partial charge >= 0.3 is 12.4 Å². The molecule has 3 heterocycles. The number of anilines is 1. The zero-order chi connectivity index (χ0) is 53.7. The molecular formula is C47H38ClF10N7O6S2. The van der Waals surface area contributed by atoms with Crippen LogP contribution in [0.3, 0.4) is 0 Å². The molecule has 386 valence electrons. The van der Waals surface area contributed by atoms with Crippen LogP contribution >= 0.6 is 11.6 Å². The molecule has 13 nitrogen and oxygen atoms in total. The SMILES string of the molecule is Cc1ccccc1C(=O)N(c1nn(CC(F)(F)F)c2c(-c3ccc(C#CC(C)(C)S(C)(=O)=O)nc3C(Cc3cc(F)cc(F)c3)NC(=O)Cn3nc(C(F)(F)F)c4c3C(F)(F)[C@@H]3C[C@H]43)ccc(Cl)c12)S(C)(=O)=O. The monoisotopic (exact) mass is 1090 g/mol. The molecule has 0 radical (unpaired) electrons. The zero-order valence-electron chi connectivity index (χ0n) is 38.5. The lowest BCUT2D eigenvalue weighted by Crippen LogP contribution is -2.37. The largest absolute Gasteiger partial charge is 0.435 e. The fourth-order valence-electron chi connectivity index (χ4n) is 8.73. The third-order valence-electron chi connectivity index (χ3n) is 12.4. The Hall–Kier alpha value is -6.52. The van der Waals surface area contributed by atoms with Gasteiger partial charge in [0.1, 0.15) is 40.9 Å². The van der Waals surface area contributed by atoms with E-state index in [1.54, 1.807) is 0 Å². The first-order chi connectivity index (χ1) is 33.7. The molecule has 0 saturated heterocycles. The van der Waals surface area contributed by atoms with E-state index in [0.717, 1.165) is 30.5 Å². The maximum absolute atomic E-state index is 15.6. The molecule has 1 saturated carbocycles. The van der Waals surface area contributed by atoms with E-state index in [0.29, 0.717) is 17.0 Å². The van der Waals surface area contributed by atoms with E-state index in [1.807, 2.05) is 0 Å². The summed E-state index contributed by atoms with van der Waals surface area (Å²) < 4.78 is 199. The van der Waals surface area contributed by atoms with Crippen LogP contribution in [0.5, 0.6) is 0 Å². The van der Waals surface area contributed by atoms with Crippen LogP contribution in [0.25, 0.3) is 22.0 Å². The second-order valence-corrected chi connectivity index (χ2v) is 23.0. The van der Waals surface area contributed by atoms with E-state index in [2.05, 4.69) is 32.3 Å². The molecule has 8 rings (SSSR count). The minimum atomic E-state index is -5.22. The summed E-state index contributed by atoms with van der Waals surface area (Å²) in [5.74, 6) is -7.11. The summed E-state index contributed by atoms with van der Waals surface area (Å²) in [5.41, 5.74) is -5.66. The van der Waals surface area contributed by atoms with Gasteiger partial charge in [-0.1, -0.05) is 41.8 Å². The topological polar surface area (TPSA) is 166 Å². The Morgan fingerprint density at radius 3 is 2.16 bits per heavy atom. The number of benzene rings is 3. The Morgan fingerprint density at radius 2 is 1.56 bits per heavy atom. The van der Waals surface area contributed by atoms with E-state index in [1.165, 1.54) is 57.2 Å². The minimum absolute atomic E-state index is 0.159. The number of nitrogens with one attached hydrogen (secondary N) is 1. The number of hydrogen-bond acceptors (Lipinski definition) is 9. The first-order valence-electron chi connectivity index (χ1n) is 21.6. The summed E-state index contributed by atoms with van der Waals surface area (Å²) in [7, 11) is -8.68. The van der Waals surface area contributed by atoms with Crippen molar-refractivity contribution in [3.8, 4) is 23.0 Å². The maximum Gasteiger partial charge on any atom is 0.435 e. The highest BCUT2D eigenvalue weighted by Gasteiger charge is 2.68. The van der Waals surface area contributed by atoms with E-state index in [-0.39, 0.29) is 48.9 Å². The third kappa shape index (κ3) is 10.2. The molecule has 0 aliphatic heterocycles. The molecular weight excluding hydrogens is 1050 g/mol. The van der Waals surface area contributed by atoms with Crippen molar-refractivity contribution in [1.29, 1.82) is 0 Å². The molecule has 3 aromatic heterocycles. The number of sulfonamides is 1. The van der Waals surface area contributed by atoms with Crippen molar-refractivity contribution in [3.05, 3.63) is 128 Å². The Kier molecular flexibility index (Phi) is 13.1. The van der Waals surface area contributed by atoms with E-state index >= 15 is 8.78 Å². The Morgan fingerprint density at radius 1 is 0.918 bits per heavy atom. The Labute approximate surface area is 414 Å². The lowest BCUT2D eigenvalue weighted by molar-refractivity contribution is -0.143. The Bertz CT molecular complexity index is 3570. The quantitative estimate of drug-likeness (QED) is 0.0929. The predicted molar refractivity (Wildman–Crippen MR) is 246 cm³/mol. The number of carbonyl (C=O) groups excluding carboxylic acids is 2. The van der Waals surface area contributed by atoms with Crippen LogP contribution in [0.15, 0.2) is 66.7 Å². The van der Waals surface area contributed by atoms with E-state index in [4.69, 9.17) is 11.6 Å². The Balaban J connectivity index is 1.38. The lowest BCUT2D eigenvalue weighted by atomic mass is 9.93. The number of alkyl halides is 8. The van der Waals surface area contributed by atoms with Crippen molar-refractivity contribution in [3.63, 3.8) is 0 Å². The van der Waals surface area contributed by atoms with Gasteiger partial charge in [0.25, 0.3) is 11.8 Å². The van der Waals surface area contributed by atoms with E-state index < -0.39 is 148 Å². The number of amides is 2. The van der Waals surface area contributed by atoms with Crippen molar-refractivity contribution in [1.82, 2.24) is 29.9 Å². The molecule has 2 aliphatic rings. The van der Waals surface area contributed by atoms with Crippen molar-refractivity contribution in [2.45, 2.75) is 81.7 Å². The molecule has 3 aromatic carbocycles. The number of hydrogen-bond donors (Lipinski definition) is 1. The summed E-state index contributed by atoms with van der Waals surface area (Å²) in [6.07, 6.45) is -9.82. The van der Waals surface area contributed by atoms with Crippen molar-refractivity contribution in [2.75, 3.05) is 16.8 Å². The molecule has 0 spiro atoms. The van der Waals surface area contributed by atoms with Gasteiger partial charge in [0.05, 0.1) is 33.9 Å². The minimum Gasteiger partial charge on any atom is -0.346 e. The second-order valence-electron chi connectivity index (χ2n) is 18.2. The van der Waals surface area contributed by atoms with Crippen LogP contribution in [0.2, 0.25) is 5.02 Å². The van der Waals surface area contributed by atoms with Crippen LogP contribution in [0.1, 0.15) is 82.1 Å². The van der Waals surface area contributed by atoms with Gasteiger partial charge < -0.3 is 5.32 Å². The van der Waals surface area contributed by atoms with Gasteiger partial charge in [-0.15, -0.1) is 0 Å². The lowest BCUT2D eigenvalue weighted by Gasteiger charge is -2.23. The number of aromatic nitrogens is 5. The van der Waals surface area contributed by atoms with Crippen molar-refractivity contribution < 1.29 is 70.3 Å². The van der Waals surface area contributed by atoms with Crippen LogP contribution < -0.4 is 9.62 Å². The average molecular weight is 1090 g/mol.